The van der Waals surface area contributed by atoms with Gasteiger partial charge in [-0.15, -0.1) is 0 Å². The first-order valence-corrected chi connectivity index (χ1v) is 8.79. The minimum Gasteiger partial charge on any atom is -0.341 e. The Balaban J connectivity index is 2.77. The van der Waals surface area contributed by atoms with Crippen LogP contribution in [-0.2, 0) is 4.79 Å². The first-order chi connectivity index (χ1) is 9.13. The van der Waals surface area contributed by atoms with Crippen molar-refractivity contribution in [2.24, 2.45) is 11.1 Å². The Hall–Kier alpha value is -0.220. The van der Waals surface area contributed by atoms with Crippen LogP contribution in [0.3, 0.4) is 0 Å². The molecule has 2 N–H and O–H groups in total. The molecule has 1 heterocycles. The monoisotopic (exact) mass is 286 g/mol. The summed E-state index contributed by atoms with van der Waals surface area (Å²) < 4.78 is 0. The van der Waals surface area contributed by atoms with Gasteiger partial charge in [0.15, 0.2) is 0 Å². The molecule has 0 aromatic carbocycles. The molecule has 4 heteroatoms. The number of nitrogens with two attached hydrogens (primary N) is 1. The molecule has 0 aliphatic carbocycles. The number of amides is 1. The van der Waals surface area contributed by atoms with Crippen LogP contribution in [0.15, 0.2) is 0 Å². The highest BCUT2D eigenvalue weighted by Gasteiger charge is 2.37. The van der Waals surface area contributed by atoms with Gasteiger partial charge in [-0.25, -0.2) is 0 Å². The van der Waals surface area contributed by atoms with Gasteiger partial charge in [0, 0.05) is 24.9 Å². The van der Waals surface area contributed by atoms with Crippen LogP contribution in [0.4, 0.5) is 0 Å². The number of carbonyl (C=O) groups is 1. The maximum absolute atomic E-state index is 12.9. The summed E-state index contributed by atoms with van der Waals surface area (Å²) in [6.45, 7) is 8.68. The molecule has 1 aliphatic heterocycles. The Kier molecular flexibility index (Phi) is 7.22. The summed E-state index contributed by atoms with van der Waals surface area (Å²) in [5.41, 5.74) is 5.59. The first kappa shape index (κ1) is 16.8. The van der Waals surface area contributed by atoms with Crippen molar-refractivity contribution in [1.29, 1.82) is 0 Å². The van der Waals surface area contributed by atoms with Crippen molar-refractivity contribution in [1.82, 2.24) is 4.90 Å². The molecule has 112 valence electrons. The number of carbonyl (C=O) groups excluding carboxylic acids is 1. The highest BCUT2D eigenvalue weighted by atomic mass is 32.2. The van der Waals surface area contributed by atoms with E-state index in [2.05, 4.69) is 25.7 Å². The topological polar surface area (TPSA) is 46.3 Å². The molecule has 1 unspecified atom stereocenters. The van der Waals surface area contributed by atoms with Crippen molar-refractivity contribution < 1.29 is 4.79 Å². The molecule has 19 heavy (non-hydrogen) atoms. The SMILES string of the molecule is CCSC1CCCCN(C(=O)C(CC)(CC)CN)C1. The van der Waals surface area contributed by atoms with Gasteiger partial charge in [0.25, 0.3) is 0 Å². The molecule has 0 bridgehead atoms. The average Bonchev–Trinajstić information content (AvgIpc) is 2.67. The quantitative estimate of drug-likeness (QED) is 0.816. The van der Waals surface area contributed by atoms with Gasteiger partial charge in [0.2, 0.25) is 5.91 Å². The van der Waals surface area contributed by atoms with Gasteiger partial charge < -0.3 is 10.6 Å². The third-order valence-corrected chi connectivity index (χ3v) is 5.71. The Bertz CT molecular complexity index is 271. The number of thioether (sulfide) groups is 1. The summed E-state index contributed by atoms with van der Waals surface area (Å²) in [7, 11) is 0. The normalized spacial score (nSPS) is 21.3. The molecular weight excluding hydrogens is 256 g/mol. The fourth-order valence-corrected chi connectivity index (χ4v) is 4.01. The predicted molar refractivity (Wildman–Crippen MR) is 84.4 cm³/mol. The highest BCUT2D eigenvalue weighted by Crippen LogP contribution is 2.30. The molecule has 1 fully saturated rings. The highest BCUT2D eigenvalue weighted by molar-refractivity contribution is 7.99. The van der Waals surface area contributed by atoms with Gasteiger partial charge in [-0.3, -0.25) is 4.79 Å². The second-order valence-electron chi connectivity index (χ2n) is 5.52. The van der Waals surface area contributed by atoms with Gasteiger partial charge >= 0.3 is 0 Å². The lowest BCUT2D eigenvalue weighted by Crippen LogP contribution is -2.49. The van der Waals surface area contributed by atoms with Crippen LogP contribution in [0.2, 0.25) is 0 Å². The molecule has 3 nitrogen and oxygen atoms in total. The van der Waals surface area contributed by atoms with E-state index in [0.29, 0.717) is 17.7 Å². The van der Waals surface area contributed by atoms with E-state index in [1.165, 1.54) is 12.8 Å². The lowest BCUT2D eigenvalue weighted by molar-refractivity contribution is -0.142. The van der Waals surface area contributed by atoms with Crippen LogP contribution in [0.5, 0.6) is 0 Å². The lowest BCUT2D eigenvalue weighted by Gasteiger charge is -2.35. The fourth-order valence-electron chi connectivity index (χ4n) is 2.92. The second-order valence-corrected chi connectivity index (χ2v) is 7.09. The molecule has 0 radical (unpaired) electrons. The van der Waals surface area contributed by atoms with E-state index in [1.54, 1.807) is 0 Å². The maximum Gasteiger partial charge on any atom is 0.230 e. The standard InChI is InChI=1S/C15H30N2OS/c1-4-15(5-2,12-16)14(18)17-10-8-7-9-13(11-17)19-6-3/h13H,4-12,16H2,1-3H3. The Morgan fingerprint density at radius 3 is 2.53 bits per heavy atom. The third-order valence-electron chi connectivity index (χ3n) is 4.52. The molecule has 1 amide bonds. The Morgan fingerprint density at radius 1 is 1.32 bits per heavy atom. The average molecular weight is 286 g/mol. The molecule has 0 aromatic heterocycles. The number of likely N-dealkylation sites (tertiary alicyclic amines) is 1. The van der Waals surface area contributed by atoms with E-state index in [9.17, 15) is 4.79 Å². The molecule has 0 spiro atoms. The molecule has 1 atom stereocenters. The minimum absolute atomic E-state index is 0.295. The van der Waals surface area contributed by atoms with E-state index in [4.69, 9.17) is 5.73 Å². The van der Waals surface area contributed by atoms with Crippen molar-refractivity contribution in [3.63, 3.8) is 0 Å². The Labute approximate surface area is 122 Å². The number of hydrogen-bond donors (Lipinski definition) is 1. The van der Waals surface area contributed by atoms with Crippen LogP contribution in [0, 0.1) is 5.41 Å². The van der Waals surface area contributed by atoms with Crippen LogP contribution in [0.1, 0.15) is 52.9 Å². The van der Waals surface area contributed by atoms with E-state index >= 15 is 0 Å². The van der Waals surface area contributed by atoms with Gasteiger partial charge in [-0.2, -0.15) is 11.8 Å². The van der Waals surface area contributed by atoms with Gasteiger partial charge in [-0.1, -0.05) is 27.2 Å². The van der Waals surface area contributed by atoms with Crippen LogP contribution in [0.25, 0.3) is 0 Å². The van der Waals surface area contributed by atoms with Crippen molar-refractivity contribution in [2.45, 2.75) is 58.1 Å². The summed E-state index contributed by atoms with van der Waals surface area (Å²) in [5, 5.41) is 0.612. The fraction of sp³-hybridized carbons (Fsp3) is 0.933. The molecule has 0 saturated carbocycles. The van der Waals surface area contributed by atoms with Gasteiger partial charge in [0.1, 0.15) is 0 Å². The third kappa shape index (κ3) is 4.12. The number of hydrogen-bond acceptors (Lipinski definition) is 3. The summed E-state index contributed by atoms with van der Waals surface area (Å²) >= 11 is 2.00. The zero-order chi connectivity index (χ0) is 14.3. The molecular formula is C15H30N2OS. The van der Waals surface area contributed by atoms with Crippen LogP contribution >= 0.6 is 11.8 Å². The lowest BCUT2D eigenvalue weighted by atomic mass is 9.81. The first-order valence-electron chi connectivity index (χ1n) is 7.74. The predicted octanol–water partition coefficient (Wildman–Crippen LogP) is 2.89. The zero-order valence-electron chi connectivity index (χ0n) is 12.8. The molecule has 1 saturated heterocycles. The number of rotatable bonds is 6. The summed E-state index contributed by atoms with van der Waals surface area (Å²) in [4.78, 5) is 15.0. The smallest absolute Gasteiger partial charge is 0.230 e. The number of nitrogens with zero attached hydrogens (tertiary/aromatic N) is 1. The van der Waals surface area contributed by atoms with Crippen LogP contribution in [-0.4, -0.2) is 41.4 Å². The van der Waals surface area contributed by atoms with Crippen molar-refractivity contribution >= 4 is 17.7 Å². The summed E-state index contributed by atoms with van der Waals surface area (Å²) in [5.74, 6) is 1.43. The largest absolute Gasteiger partial charge is 0.341 e. The minimum atomic E-state index is -0.328. The molecule has 1 rings (SSSR count). The van der Waals surface area contributed by atoms with E-state index in [0.717, 1.165) is 38.1 Å². The van der Waals surface area contributed by atoms with E-state index < -0.39 is 0 Å². The van der Waals surface area contributed by atoms with Crippen molar-refractivity contribution in [2.75, 3.05) is 25.4 Å². The van der Waals surface area contributed by atoms with E-state index in [1.807, 2.05) is 11.8 Å². The van der Waals surface area contributed by atoms with E-state index in [-0.39, 0.29) is 5.41 Å². The zero-order valence-corrected chi connectivity index (χ0v) is 13.6. The van der Waals surface area contributed by atoms with Gasteiger partial charge in [-0.05, 0) is 31.4 Å². The maximum atomic E-state index is 12.9. The summed E-state index contributed by atoms with van der Waals surface area (Å²) in [6.07, 6.45) is 5.33. The van der Waals surface area contributed by atoms with Gasteiger partial charge in [0.05, 0.1) is 5.41 Å². The van der Waals surface area contributed by atoms with Crippen molar-refractivity contribution in [3.05, 3.63) is 0 Å². The Morgan fingerprint density at radius 2 is 2.00 bits per heavy atom. The second kappa shape index (κ2) is 8.15. The van der Waals surface area contributed by atoms with Crippen LogP contribution < -0.4 is 5.73 Å². The summed E-state index contributed by atoms with van der Waals surface area (Å²) in [6, 6.07) is 0. The molecule has 0 aromatic rings. The van der Waals surface area contributed by atoms with Crippen molar-refractivity contribution in [3.8, 4) is 0 Å². The molecule has 1 aliphatic rings.